The van der Waals surface area contributed by atoms with Gasteiger partial charge in [0.25, 0.3) is 0 Å². The third kappa shape index (κ3) is 17.0. The van der Waals surface area contributed by atoms with Gasteiger partial charge in [-0.25, -0.2) is 4.79 Å². The highest BCUT2D eigenvalue weighted by atomic mass is 16.6. The number of amides is 2. The summed E-state index contributed by atoms with van der Waals surface area (Å²) in [5, 5.41) is 2.69. The smallest absolute Gasteiger partial charge is 0.317 e. The molecule has 0 aliphatic carbocycles. The van der Waals surface area contributed by atoms with Crippen molar-refractivity contribution in [1.29, 1.82) is 0 Å². The van der Waals surface area contributed by atoms with Gasteiger partial charge in [-0.1, -0.05) is 101 Å². The molecule has 0 saturated carbocycles. The zero-order chi connectivity index (χ0) is 31.0. The van der Waals surface area contributed by atoms with Crippen LogP contribution in [0.4, 0.5) is 4.79 Å². The lowest BCUT2D eigenvalue weighted by Crippen LogP contribution is -2.31. The molecular formula is C34H54N2O7. The van der Waals surface area contributed by atoms with Crippen LogP contribution in [0.2, 0.25) is 0 Å². The fourth-order valence-corrected chi connectivity index (χ4v) is 4.90. The van der Waals surface area contributed by atoms with E-state index in [2.05, 4.69) is 12.2 Å². The van der Waals surface area contributed by atoms with Crippen LogP contribution in [-0.4, -0.2) is 75.0 Å². The molecule has 1 saturated heterocycles. The molecule has 1 atom stereocenters. The van der Waals surface area contributed by atoms with Crippen LogP contribution < -0.4 is 10.1 Å². The van der Waals surface area contributed by atoms with Crippen LogP contribution in [0.15, 0.2) is 30.3 Å². The minimum atomic E-state index is -0.486. The number of hydrogen-bond acceptors (Lipinski definition) is 7. The third-order valence-corrected chi connectivity index (χ3v) is 7.37. The molecule has 9 heteroatoms. The van der Waals surface area contributed by atoms with E-state index in [9.17, 15) is 14.4 Å². The fourth-order valence-electron chi connectivity index (χ4n) is 4.90. The molecule has 1 N–H and O–H groups in total. The number of urea groups is 1. The fraction of sp³-hybridized carbons (Fsp3) is 0.676. The van der Waals surface area contributed by atoms with Crippen molar-refractivity contribution in [3.05, 3.63) is 35.9 Å². The molecule has 1 aromatic carbocycles. The van der Waals surface area contributed by atoms with Crippen molar-refractivity contribution in [3.8, 4) is 5.75 Å². The van der Waals surface area contributed by atoms with Gasteiger partial charge in [0.15, 0.2) is 0 Å². The number of nitrogens with one attached hydrogen (secondary N) is 1. The number of unbranched alkanes of at least 4 members (excludes halogenated alkanes) is 9. The average Bonchev–Trinajstić information content (AvgIpc) is 3.42. The maximum Gasteiger partial charge on any atom is 0.317 e. The van der Waals surface area contributed by atoms with Crippen molar-refractivity contribution >= 4 is 24.0 Å². The molecule has 1 unspecified atom stereocenters. The lowest BCUT2D eigenvalue weighted by molar-refractivity contribution is -0.151. The summed E-state index contributed by atoms with van der Waals surface area (Å²) in [6, 6.07) is 7.78. The molecule has 9 nitrogen and oxygen atoms in total. The standard InChI is InChI=1S/C34H54N2O7/c1-3-5-6-7-8-9-10-11-12-13-18-30(28-43-31-19-15-14-17-29(31)16-4-2)40-26-27-42-33(38)21-20-32(37)41-25-24-36-23-22-35-34(36)39/h4,14-17,19,30H,3,5-13,18,20-28H2,1-2H3,(H,35,39)/b16-4+. The third-order valence-electron chi connectivity index (χ3n) is 7.37. The first-order valence-electron chi connectivity index (χ1n) is 16.3. The van der Waals surface area contributed by atoms with Crippen LogP contribution in [0.1, 0.15) is 103 Å². The van der Waals surface area contributed by atoms with Crippen LogP contribution >= 0.6 is 0 Å². The molecule has 43 heavy (non-hydrogen) atoms. The molecule has 0 aromatic heterocycles. The van der Waals surface area contributed by atoms with E-state index in [1.54, 1.807) is 4.90 Å². The maximum absolute atomic E-state index is 12.1. The molecule has 2 amide bonds. The summed E-state index contributed by atoms with van der Waals surface area (Å²) in [6.45, 7) is 6.67. The van der Waals surface area contributed by atoms with Gasteiger partial charge in [0, 0.05) is 18.7 Å². The minimum absolute atomic E-state index is 0.0596. The summed E-state index contributed by atoms with van der Waals surface area (Å²) in [5.74, 6) is -0.138. The van der Waals surface area contributed by atoms with E-state index >= 15 is 0 Å². The van der Waals surface area contributed by atoms with Gasteiger partial charge in [0.1, 0.15) is 25.6 Å². The molecule has 1 aliphatic rings. The predicted molar refractivity (Wildman–Crippen MR) is 169 cm³/mol. The highest BCUT2D eigenvalue weighted by Gasteiger charge is 2.19. The Morgan fingerprint density at radius 3 is 2.21 bits per heavy atom. The van der Waals surface area contributed by atoms with E-state index in [1.165, 1.54) is 57.8 Å². The second-order valence-corrected chi connectivity index (χ2v) is 11.0. The summed E-state index contributed by atoms with van der Waals surface area (Å²) < 4.78 is 22.6. The SMILES string of the molecule is C/C=C/c1ccccc1OCC(CCCCCCCCCCCC)OCCOC(=O)CCC(=O)OCCN1CCNC1=O. The number of hydrogen-bond donors (Lipinski definition) is 1. The van der Waals surface area contributed by atoms with Crippen LogP contribution in [0.5, 0.6) is 5.75 Å². The van der Waals surface area contributed by atoms with Gasteiger partial charge < -0.3 is 29.2 Å². The molecule has 1 heterocycles. The topological polar surface area (TPSA) is 103 Å². The average molecular weight is 603 g/mol. The maximum atomic E-state index is 12.1. The zero-order valence-electron chi connectivity index (χ0n) is 26.5. The second kappa shape index (κ2) is 23.4. The largest absolute Gasteiger partial charge is 0.490 e. The Morgan fingerprint density at radius 1 is 0.907 bits per heavy atom. The van der Waals surface area contributed by atoms with Gasteiger partial charge in [-0.3, -0.25) is 9.59 Å². The summed E-state index contributed by atoms with van der Waals surface area (Å²) in [7, 11) is 0. The number of carbonyl (C=O) groups is 3. The predicted octanol–water partition coefficient (Wildman–Crippen LogP) is 6.69. The van der Waals surface area contributed by atoms with E-state index < -0.39 is 11.9 Å². The highest BCUT2D eigenvalue weighted by Crippen LogP contribution is 2.21. The molecule has 1 aromatic rings. The van der Waals surface area contributed by atoms with Gasteiger partial charge in [-0.05, 0) is 19.4 Å². The number of nitrogens with zero attached hydrogens (tertiary/aromatic N) is 1. The Morgan fingerprint density at radius 2 is 1.56 bits per heavy atom. The van der Waals surface area contributed by atoms with Gasteiger partial charge in [-0.2, -0.15) is 0 Å². The monoisotopic (exact) mass is 602 g/mol. The number of allylic oxidation sites excluding steroid dienone is 1. The number of benzene rings is 1. The van der Waals surface area contributed by atoms with Crippen LogP contribution in [0.25, 0.3) is 6.08 Å². The summed E-state index contributed by atoms with van der Waals surface area (Å²) in [4.78, 5) is 37.1. The highest BCUT2D eigenvalue weighted by molar-refractivity contribution is 5.78. The molecule has 242 valence electrons. The first-order chi connectivity index (χ1) is 21.0. The summed E-state index contributed by atoms with van der Waals surface area (Å²) >= 11 is 0. The lowest BCUT2D eigenvalue weighted by atomic mass is 10.0. The first kappa shape index (κ1) is 36.1. The van der Waals surface area contributed by atoms with Crippen molar-refractivity contribution in [1.82, 2.24) is 10.2 Å². The van der Waals surface area contributed by atoms with E-state index in [0.717, 1.165) is 24.2 Å². The Kier molecular flexibility index (Phi) is 19.7. The summed E-state index contributed by atoms with van der Waals surface area (Å²) in [5.41, 5.74) is 1.02. The zero-order valence-corrected chi connectivity index (χ0v) is 26.5. The summed E-state index contributed by atoms with van der Waals surface area (Å²) in [6.07, 6.45) is 17.4. The van der Waals surface area contributed by atoms with Crippen molar-refractivity contribution in [2.45, 2.75) is 103 Å². The molecule has 1 fully saturated rings. The van der Waals surface area contributed by atoms with Crippen molar-refractivity contribution < 1.29 is 33.3 Å². The molecule has 1 aliphatic heterocycles. The Bertz CT molecular complexity index is 952. The quantitative estimate of drug-likeness (QED) is 0.0983. The Labute approximate surface area is 258 Å². The molecule has 0 bridgehead atoms. The number of esters is 2. The van der Waals surface area contributed by atoms with Crippen molar-refractivity contribution in [3.63, 3.8) is 0 Å². The van der Waals surface area contributed by atoms with Crippen LogP contribution in [0, 0.1) is 0 Å². The first-order valence-corrected chi connectivity index (χ1v) is 16.3. The van der Waals surface area contributed by atoms with Gasteiger partial charge in [-0.15, -0.1) is 0 Å². The molecule has 0 radical (unpaired) electrons. The van der Waals surface area contributed by atoms with E-state index in [4.69, 9.17) is 18.9 Å². The number of rotatable bonds is 25. The molecular weight excluding hydrogens is 548 g/mol. The number of ether oxygens (including phenoxy) is 4. The Hall–Kier alpha value is -3.07. The Balaban J connectivity index is 1.65. The number of carbonyl (C=O) groups excluding carboxylic acids is 3. The second-order valence-electron chi connectivity index (χ2n) is 11.0. The van der Waals surface area contributed by atoms with Crippen LogP contribution in [-0.2, 0) is 23.8 Å². The van der Waals surface area contributed by atoms with Gasteiger partial charge >= 0.3 is 18.0 Å². The van der Waals surface area contributed by atoms with Gasteiger partial charge in [0.2, 0.25) is 0 Å². The number of para-hydroxylation sites is 1. The van der Waals surface area contributed by atoms with E-state index in [0.29, 0.717) is 26.2 Å². The minimum Gasteiger partial charge on any atom is -0.490 e. The van der Waals surface area contributed by atoms with Gasteiger partial charge in [0.05, 0.1) is 32.1 Å². The van der Waals surface area contributed by atoms with Crippen molar-refractivity contribution in [2.75, 3.05) is 46.1 Å². The van der Waals surface area contributed by atoms with E-state index in [1.807, 2.05) is 43.3 Å². The van der Waals surface area contributed by atoms with E-state index in [-0.39, 0.29) is 44.8 Å². The lowest BCUT2D eigenvalue weighted by Gasteiger charge is -2.19. The van der Waals surface area contributed by atoms with Crippen LogP contribution in [0.3, 0.4) is 0 Å². The van der Waals surface area contributed by atoms with Crippen molar-refractivity contribution in [2.24, 2.45) is 0 Å². The normalized spacial score (nSPS) is 13.7. The molecule has 0 spiro atoms. The molecule has 2 rings (SSSR count).